The number of aryl methyl sites for hydroxylation is 1. The van der Waals surface area contributed by atoms with Crippen LogP contribution in [-0.2, 0) is 19.1 Å². The SMILES string of the molecule is Cc1ccc(C2OCCCC2CNC(=O)CCOC2CNC2)cc1.O=C(O)C(F)(F)F. The Bertz CT molecular complexity index is 708. The number of ether oxygens (including phenoxy) is 2. The number of carbonyl (C=O) groups excluding carboxylic acids is 1. The first-order chi connectivity index (χ1) is 14.7. The Morgan fingerprint density at radius 2 is 1.90 bits per heavy atom. The van der Waals surface area contributed by atoms with Gasteiger partial charge in [-0.1, -0.05) is 29.8 Å². The van der Waals surface area contributed by atoms with E-state index in [0.29, 0.717) is 25.5 Å². The Hall–Kier alpha value is -2.17. The molecule has 3 rings (SSSR count). The standard InChI is InChI=1S/C19H28N2O3.C2HF3O2/c1-14-4-6-15(7-5-14)19-16(3-2-9-24-19)11-21-18(22)8-10-23-17-12-20-13-17;3-2(4,5)1(6)7/h4-7,16-17,19-20H,2-3,8-13H2,1H3,(H,21,22);(H,6,7). The molecule has 3 N–H and O–H groups in total. The van der Waals surface area contributed by atoms with E-state index in [1.165, 1.54) is 11.1 Å². The van der Waals surface area contributed by atoms with E-state index in [4.69, 9.17) is 19.4 Å². The monoisotopic (exact) mass is 446 g/mol. The van der Waals surface area contributed by atoms with Crippen molar-refractivity contribution in [2.45, 2.75) is 44.6 Å². The molecule has 2 aliphatic rings. The minimum Gasteiger partial charge on any atom is -0.475 e. The molecular weight excluding hydrogens is 417 g/mol. The normalized spacial score (nSPS) is 21.4. The predicted octanol–water partition coefficient (Wildman–Crippen LogP) is 2.59. The largest absolute Gasteiger partial charge is 0.490 e. The number of alkyl halides is 3. The van der Waals surface area contributed by atoms with Crippen molar-refractivity contribution in [2.75, 3.05) is 32.8 Å². The van der Waals surface area contributed by atoms with Gasteiger partial charge in [0.2, 0.25) is 5.91 Å². The second-order valence-corrected chi connectivity index (χ2v) is 7.61. The van der Waals surface area contributed by atoms with E-state index in [-0.39, 0.29) is 18.1 Å². The molecule has 10 heteroatoms. The lowest BCUT2D eigenvalue weighted by Gasteiger charge is -2.32. The van der Waals surface area contributed by atoms with Gasteiger partial charge in [0.15, 0.2) is 0 Å². The van der Waals surface area contributed by atoms with Crippen molar-refractivity contribution in [3.05, 3.63) is 35.4 Å². The third-order valence-corrected chi connectivity index (χ3v) is 5.08. The maximum atomic E-state index is 12.0. The van der Waals surface area contributed by atoms with Gasteiger partial charge in [-0.3, -0.25) is 4.79 Å². The summed E-state index contributed by atoms with van der Waals surface area (Å²) in [5.74, 6) is -2.36. The number of amides is 1. The predicted molar refractivity (Wildman–Crippen MR) is 107 cm³/mol. The molecule has 1 amide bonds. The molecule has 7 nitrogen and oxygen atoms in total. The molecule has 0 radical (unpaired) electrons. The van der Waals surface area contributed by atoms with E-state index >= 15 is 0 Å². The summed E-state index contributed by atoms with van der Waals surface area (Å²) in [7, 11) is 0. The van der Waals surface area contributed by atoms with Gasteiger partial charge in [-0.05, 0) is 25.3 Å². The molecule has 174 valence electrons. The zero-order valence-electron chi connectivity index (χ0n) is 17.4. The summed E-state index contributed by atoms with van der Waals surface area (Å²) >= 11 is 0. The van der Waals surface area contributed by atoms with E-state index in [1.54, 1.807) is 0 Å². The molecule has 1 aromatic rings. The number of carboxylic acid groups (broad SMARTS) is 1. The molecule has 2 saturated heterocycles. The highest BCUT2D eigenvalue weighted by molar-refractivity contribution is 5.76. The van der Waals surface area contributed by atoms with Crippen molar-refractivity contribution in [3.63, 3.8) is 0 Å². The topological polar surface area (TPSA) is 96.9 Å². The zero-order chi connectivity index (χ0) is 22.9. The van der Waals surface area contributed by atoms with Crippen molar-refractivity contribution in [3.8, 4) is 0 Å². The number of carbonyl (C=O) groups is 2. The van der Waals surface area contributed by atoms with Crippen molar-refractivity contribution in [1.29, 1.82) is 0 Å². The Morgan fingerprint density at radius 1 is 1.26 bits per heavy atom. The molecule has 0 bridgehead atoms. The second-order valence-electron chi connectivity index (χ2n) is 7.61. The van der Waals surface area contributed by atoms with Crippen molar-refractivity contribution < 1.29 is 37.3 Å². The van der Waals surface area contributed by atoms with Crippen LogP contribution in [-0.4, -0.2) is 62.1 Å². The lowest BCUT2D eigenvalue weighted by molar-refractivity contribution is -0.192. The van der Waals surface area contributed by atoms with Gasteiger partial charge in [0.25, 0.3) is 0 Å². The van der Waals surface area contributed by atoms with Crippen molar-refractivity contribution >= 4 is 11.9 Å². The minimum absolute atomic E-state index is 0.0653. The average Bonchev–Trinajstić information content (AvgIpc) is 2.69. The Kier molecular flexibility index (Phi) is 9.73. The molecule has 0 spiro atoms. The summed E-state index contributed by atoms with van der Waals surface area (Å²) in [6.07, 6.45) is -2.14. The summed E-state index contributed by atoms with van der Waals surface area (Å²) < 4.78 is 43.3. The van der Waals surface area contributed by atoms with E-state index in [2.05, 4.69) is 41.8 Å². The minimum atomic E-state index is -5.08. The molecule has 2 aliphatic heterocycles. The third-order valence-electron chi connectivity index (χ3n) is 5.08. The first kappa shape index (κ1) is 25.1. The molecule has 2 unspecified atom stereocenters. The van der Waals surface area contributed by atoms with Crippen LogP contribution >= 0.6 is 0 Å². The summed E-state index contributed by atoms with van der Waals surface area (Å²) in [5.41, 5.74) is 2.46. The van der Waals surface area contributed by atoms with Crippen LogP contribution < -0.4 is 10.6 Å². The first-order valence-electron chi connectivity index (χ1n) is 10.2. The highest BCUT2D eigenvalue weighted by Gasteiger charge is 2.38. The fraction of sp³-hybridized carbons (Fsp3) is 0.619. The van der Waals surface area contributed by atoms with E-state index in [0.717, 1.165) is 32.5 Å². The molecule has 0 saturated carbocycles. The van der Waals surface area contributed by atoms with Crippen LogP contribution in [0, 0.1) is 12.8 Å². The molecule has 2 atom stereocenters. The number of carboxylic acids is 1. The number of hydrogen-bond donors (Lipinski definition) is 3. The van der Waals surface area contributed by atoms with Gasteiger partial charge in [-0.15, -0.1) is 0 Å². The Labute approximate surface area is 179 Å². The highest BCUT2D eigenvalue weighted by atomic mass is 19.4. The molecule has 2 fully saturated rings. The fourth-order valence-corrected chi connectivity index (χ4v) is 3.21. The van der Waals surface area contributed by atoms with Crippen LogP contribution in [0.2, 0.25) is 0 Å². The lowest BCUT2D eigenvalue weighted by atomic mass is 9.89. The van der Waals surface area contributed by atoms with Crippen molar-refractivity contribution in [1.82, 2.24) is 10.6 Å². The third kappa shape index (κ3) is 8.84. The number of halogens is 3. The van der Waals surface area contributed by atoms with Gasteiger partial charge in [0, 0.05) is 38.6 Å². The lowest BCUT2D eigenvalue weighted by Crippen LogP contribution is -2.48. The highest BCUT2D eigenvalue weighted by Crippen LogP contribution is 2.33. The zero-order valence-corrected chi connectivity index (χ0v) is 17.4. The number of hydrogen-bond acceptors (Lipinski definition) is 5. The van der Waals surface area contributed by atoms with Gasteiger partial charge >= 0.3 is 12.1 Å². The molecule has 0 aliphatic carbocycles. The van der Waals surface area contributed by atoms with Crippen LogP contribution in [0.5, 0.6) is 0 Å². The fourth-order valence-electron chi connectivity index (χ4n) is 3.21. The summed E-state index contributed by atoms with van der Waals surface area (Å²) in [6.45, 7) is 5.86. The van der Waals surface area contributed by atoms with Crippen LogP contribution in [0.4, 0.5) is 13.2 Å². The number of rotatable bonds is 7. The van der Waals surface area contributed by atoms with Gasteiger partial charge in [0.1, 0.15) is 0 Å². The van der Waals surface area contributed by atoms with E-state index in [9.17, 15) is 18.0 Å². The second kappa shape index (κ2) is 12.0. The van der Waals surface area contributed by atoms with Crippen molar-refractivity contribution in [2.24, 2.45) is 5.92 Å². The summed E-state index contributed by atoms with van der Waals surface area (Å²) in [6, 6.07) is 8.52. The van der Waals surface area contributed by atoms with Crippen LogP contribution in [0.1, 0.15) is 36.5 Å². The van der Waals surface area contributed by atoms with Crippen LogP contribution in [0.3, 0.4) is 0 Å². The number of nitrogens with one attached hydrogen (secondary N) is 2. The smallest absolute Gasteiger partial charge is 0.475 e. The molecular formula is C21H29F3N2O5. The summed E-state index contributed by atoms with van der Waals surface area (Å²) in [4.78, 5) is 20.9. The summed E-state index contributed by atoms with van der Waals surface area (Å²) in [5, 5.41) is 13.3. The van der Waals surface area contributed by atoms with Gasteiger partial charge in [-0.2, -0.15) is 13.2 Å². The molecule has 31 heavy (non-hydrogen) atoms. The Morgan fingerprint density at radius 3 is 2.45 bits per heavy atom. The van der Waals surface area contributed by atoms with Gasteiger partial charge < -0.3 is 25.2 Å². The maximum absolute atomic E-state index is 12.0. The van der Waals surface area contributed by atoms with E-state index in [1.807, 2.05) is 0 Å². The van der Waals surface area contributed by atoms with E-state index < -0.39 is 12.1 Å². The Balaban J connectivity index is 0.000000423. The maximum Gasteiger partial charge on any atom is 0.490 e. The molecule has 1 aromatic carbocycles. The number of aliphatic carboxylic acids is 1. The first-order valence-corrected chi connectivity index (χ1v) is 10.2. The quantitative estimate of drug-likeness (QED) is 0.596. The molecule has 0 aromatic heterocycles. The van der Waals surface area contributed by atoms with Crippen LogP contribution in [0.25, 0.3) is 0 Å². The number of benzene rings is 1. The van der Waals surface area contributed by atoms with Gasteiger partial charge in [0.05, 0.1) is 18.8 Å². The molecule has 2 heterocycles. The van der Waals surface area contributed by atoms with Crippen LogP contribution in [0.15, 0.2) is 24.3 Å². The average molecular weight is 446 g/mol. The van der Waals surface area contributed by atoms with Gasteiger partial charge in [-0.25, -0.2) is 4.79 Å².